The van der Waals surface area contributed by atoms with E-state index in [9.17, 15) is 4.79 Å². The minimum absolute atomic E-state index is 0.340. The van der Waals surface area contributed by atoms with Crippen molar-refractivity contribution in [2.75, 3.05) is 26.6 Å². The standard InChI is InChI=1S/C21H18N2O5S/c1-25-13-7-8-16(26-2)14(10-13)20(24)23-21-22-15(11-29-21)18-9-12-5-4-6-17(27-3)19(12)28-18/h4-11H,1-3H3,(H,22,23,24). The molecule has 0 atom stereocenters. The van der Waals surface area contributed by atoms with Crippen LogP contribution in [0.15, 0.2) is 52.3 Å². The molecule has 29 heavy (non-hydrogen) atoms. The van der Waals surface area contributed by atoms with Crippen LogP contribution in [-0.4, -0.2) is 32.2 Å². The van der Waals surface area contributed by atoms with E-state index in [0.29, 0.717) is 45.0 Å². The van der Waals surface area contributed by atoms with Crippen LogP contribution in [0.1, 0.15) is 10.4 Å². The number of furan rings is 1. The van der Waals surface area contributed by atoms with E-state index in [-0.39, 0.29) is 5.91 Å². The molecule has 0 saturated carbocycles. The lowest BCUT2D eigenvalue weighted by atomic mass is 10.1. The van der Waals surface area contributed by atoms with E-state index in [4.69, 9.17) is 18.6 Å². The molecular weight excluding hydrogens is 392 g/mol. The summed E-state index contributed by atoms with van der Waals surface area (Å²) in [7, 11) is 4.65. The third-order valence-corrected chi connectivity index (χ3v) is 5.11. The van der Waals surface area contributed by atoms with E-state index in [2.05, 4.69) is 10.3 Å². The number of hydrogen-bond acceptors (Lipinski definition) is 7. The Labute approximate surface area is 170 Å². The van der Waals surface area contributed by atoms with Crippen molar-refractivity contribution < 1.29 is 23.4 Å². The lowest BCUT2D eigenvalue weighted by molar-refractivity contribution is 0.102. The highest BCUT2D eigenvalue weighted by Crippen LogP contribution is 2.34. The highest BCUT2D eigenvalue weighted by Gasteiger charge is 2.17. The predicted octanol–water partition coefficient (Wildman–Crippen LogP) is 4.83. The maximum absolute atomic E-state index is 12.7. The van der Waals surface area contributed by atoms with E-state index >= 15 is 0 Å². The maximum Gasteiger partial charge on any atom is 0.261 e. The first-order chi connectivity index (χ1) is 14.1. The molecule has 0 bridgehead atoms. The van der Waals surface area contributed by atoms with E-state index in [1.54, 1.807) is 32.4 Å². The van der Waals surface area contributed by atoms with Crippen molar-refractivity contribution in [2.45, 2.75) is 0 Å². The van der Waals surface area contributed by atoms with Crippen molar-refractivity contribution in [3.05, 3.63) is 53.4 Å². The van der Waals surface area contributed by atoms with Gasteiger partial charge < -0.3 is 18.6 Å². The van der Waals surface area contributed by atoms with E-state index < -0.39 is 0 Å². The van der Waals surface area contributed by atoms with Gasteiger partial charge in [-0.15, -0.1) is 11.3 Å². The van der Waals surface area contributed by atoms with Crippen LogP contribution in [0.3, 0.4) is 0 Å². The van der Waals surface area contributed by atoms with Crippen LogP contribution in [0.25, 0.3) is 22.4 Å². The summed E-state index contributed by atoms with van der Waals surface area (Å²) in [6, 6.07) is 12.6. The topological polar surface area (TPSA) is 82.8 Å². The van der Waals surface area contributed by atoms with Crippen molar-refractivity contribution in [3.63, 3.8) is 0 Å². The Bertz CT molecular complexity index is 1180. The number of thiazole rings is 1. The van der Waals surface area contributed by atoms with Crippen LogP contribution >= 0.6 is 11.3 Å². The molecule has 7 nitrogen and oxygen atoms in total. The van der Waals surface area contributed by atoms with Gasteiger partial charge >= 0.3 is 0 Å². The maximum atomic E-state index is 12.7. The van der Waals surface area contributed by atoms with Crippen molar-refractivity contribution >= 4 is 33.3 Å². The fourth-order valence-corrected chi connectivity index (χ4v) is 3.62. The average Bonchev–Trinajstić information content (AvgIpc) is 3.39. The zero-order chi connectivity index (χ0) is 20.4. The normalized spacial score (nSPS) is 10.7. The van der Waals surface area contributed by atoms with Crippen molar-refractivity contribution in [3.8, 4) is 28.7 Å². The Kier molecular flexibility index (Phi) is 5.09. The molecule has 0 fully saturated rings. The number of methoxy groups -OCH3 is 3. The lowest BCUT2D eigenvalue weighted by Crippen LogP contribution is -2.13. The monoisotopic (exact) mass is 410 g/mol. The number of anilines is 1. The first kappa shape index (κ1) is 18.8. The van der Waals surface area contributed by atoms with Gasteiger partial charge in [-0.2, -0.15) is 0 Å². The van der Waals surface area contributed by atoms with E-state index in [1.165, 1.54) is 18.4 Å². The van der Waals surface area contributed by atoms with Gasteiger partial charge in [-0.05, 0) is 30.3 Å². The summed E-state index contributed by atoms with van der Waals surface area (Å²) in [6.45, 7) is 0. The Morgan fingerprint density at radius 3 is 2.62 bits per heavy atom. The first-order valence-electron chi connectivity index (χ1n) is 8.68. The molecule has 0 unspecified atom stereocenters. The molecular formula is C21H18N2O5S. The molecule has 0 aliphatic carbocycles. The third-order valence-electron chi connectivity index (χ3n) is 4.36. The smallest absolute Gasteiger partial charge is 0.261 e. The number of nitrogens with zero attached hydrogens (tertiary/aromatic N) is 1. The van der Waals surface area contributed by atoms with Gasteiger partial charge in [-0.1, -0.05) is 12.1 Å². The van der Waals surface area contributed by atoms with Crippen LogP contribution in [0, 0.1) is 0 Å². The van der Waals surface area contributed by atoms with Crippen LogP contribution in [-0.2, 0) is 0 Å². The number of fused-ring (bicyclic) bond motifs is 1. The quantitative estimate of drug-likeness (QED) is 0.490. The highest BCUT2D eigenvalue weighted by atomic mass is 32.1. The van der Waals surface area contributed by atoms with Gasteiger partial charge in [0.2, 0.25) is 0 Å². The van der Waals surface area contributed by atoms with Gasteiger partial charge in [0.1, 0.15) is 17.2 Å². The summed E-state index contributed by atoms with van der Waals surface area (Å²) >= 11 is 1.30. The summed E-state index contributed by atoms with van der Waals surface area (Å²) in [5.74, 6) is 1.92. The molecule has 2 heterocycles. The molecule has 2 aromatic heterocycles. The molecule has 0 saturated heterocycles. The molecule has 0 radical (unpaired) electrons. The fourth-order valence-electron chi connectivity index (χ4n) is 2.92. The summed E-state index contributed by atoms with van der Waals surface area (Å²) in [5, 5.41) is 5.98. The van der Waals surface area contributed by atoms with Crippen LogP contribution in [0.5, 0.6) is 17.2 Å². The molecule has 8 heteroatoms. The van der Waals surface area contributed by atoms with Crippen molar-refractivity contribution in [1.82, 2.24) is 4.98 Å². The van der Waals surface area contributed by atoms with Gasteiger partial charge in [0.05, 0.1) is 26.9 Å². The second-order valence-corrected chi connectivity index (χ2v) is 6.91. The minimum atomic E-state index is -0.340. The number of para-hydroxylation sites is 1. The Hall–Kier alpha value is -3.52. The second kappa shape index (κ2) is 7.84. The Morgan fingerprint density at radius 2 is 1.86 bits per heavy atom. The first-order valence-corrected chi connectivity index (χ1v) is 9.56. The number of amides is 1. The number of hydrogen-bond donors (Lipinski definition) is 1. The Balaban J connectivity index is 1.59. The summed E-state index contributed by atoms with van der Waals surface area (Å²) < 4.78 is 21.7. The van der Waals surface area contributed by atoms with Gasteiger partial charge in [-0.3, -0.25) is 10.1 Å². The van der Waals surface area contributed by atoms with Crippen LogP contribution in [0.2, 0.25) is 0 Å². The molecule has 0 spiro atoms. The third kappa shape index (κ3) is 3.62. The number of carbonyl (C=O) groups is 1. The molecule has 1 amide bonds. The van der Waals surface area contributed by atoms with E-state index in [0.717, 1.165) is 5.39 Å². The van der Waals surface area contributed by atoms with Crippen molar-refractivity contribution in [1.29, 1.82) is 0 Å². The van der Waals surface area contributed by atoms with Crippen LogP contribution < -0.4 is 19.5 Å². The fraction of sp³-hybridized carbons (Fsp3) is 0.143. The predicted molar refractivity (Wildman–Crippen MR) is 111 cm³/mol. The Morgan fingerprint density at radius 1 is 1.03 bits per heavy atom. The molecule has 2 aromatic carbocycles. The summed E-state index contributed by atoms with van der Waals surface area (Å²) in [5.41, 5.74) is 1.64. The zero-order valence-electron chi connectivity index (χ0n) is 16.0. The van der Waals surface area contributed by atoms with Gasteiger partial charge in [0.25, 0.3) is 5.91 Å². The number of carbonyl (C=O) groups excluding carboxylic acids is 1. The zero-order valence-corrected chi connectivity index (χ0v) is 16.8. The molecule has 0 aliphatic rings. The number of nitrogens with one attached hydrogen (secondary N) is 1. The molecule has 4 aromatic rings. The van der Waals surface area contributed by atoms with E-state index in [1.807, 2.05) is 29.6 Å². The number of benzene rings is 2. The van der Waals surface area contributed by atoms with Gasteiger partial charge in [0.15, 0.2) is 22.2 Å². The molecule has 0 aliphatic heterocycles. The second-order valence-electron chi connectivity index (χ2n) is 6.05. The highest BCUT2D eigenvalue weighted by molar-refractivity contribution is 7.14. The number of rotatable bonds is 6. The molecule has 148 valence electrons. The number of ether oxygens (including phenoxy) is 3. The lowest BCUT2D eigenvalue weighted by Gasteiger charge is -2.09. The summed E-state index contributed by atoms with van der Waals surface area (Å²) in [6.07, 6.45) is 0. The molecule has 1 N–H and O–H groups in total. The molecule has 4 rings (SSSR count). The summed E-state index contributed by atoms with van der Waals surface area (Å²) in [4.78, 5) is 17.2. The minimum Gasteiger partial charge on any atom is -0.497 e. The average molecular weight is 410 g/mol. The SMILES string of the molecule is COc1ccc(OC)c(C(=O)Nc2nc(-c3cc4cccc(OC)c4o3)cs2)c1. The van der Waals surface area contributed by atoms with Crippen molar-refractivity contribution in [2.24, 2.45) is 0 Å². The van der Waals surface area contributed by atoms with Crippen LogP contribution in [0.4, 0.5) is 5.13 Å². The number of aromatic nitrogens is 1. The largest absolute Gasteiger partial charge is 0.497 e. The van der Waals surface area contributed by atoms with Gasteiger partial charge in [-0.25, -0.2) is 4.98 Å². The van der Waals surface area contributed by atoms with Gasteiger partial charge in [0, 0.05) is 10.8 Å².